The van der Waals surface area contributed by atoms with Gasteiger partial charge in [-0.1, -0.05) is 25.4 Å². The average Bonchev–Trinajstić information content (AvgIpc) is 3.03. The first-order chi connectivity index (χ1) is 8.64. The van der Waals surface area contributed by atoms with Crippen molar-refractivity contribution >= 4 is 22.9 Å². The van der Waals surface area contributed by atoms with Crippen molar-refractivity contribution in [2.75, 3.05) is 13.1 Å². The van der Waals surface area contributed by atoms with Crippen molar-refractivity contribution in [3.05, 3.63) is 21.3 Å². The molecule has 0 saturated carbocycles. The lowest BCUT2D eigenvalue weighted by atomic mass is 9.84. The van der Waals surface area contributed by atoms with Crippen LogP contribution in [0.2, 0.25) is 4.34 Å². The monoisotopic (exact) mass is 287 g/mol. The number of hydrogen-bond donors (Lipinski definition) is 1. The Morgan fingerprint density at radius 3 is 2.39 bits per heavy atom. The first-order valence-corrected chi connectivity index (χ1v) is 8.02. The zero-order valence-electron chi connectivity index (χ0n) is 11.2. The highest BCUT2D eigenvalue weighted by atomic mass is 35.5. The molecule has 1 fully saturated rings. The molecular formula is C14H22ClNOS. The Morgan fingerprint density at radius 2 is 1.94 bits per heavy atom. The van der Waals surface area contributed by atoms with Crippen molar-refractivity contribution in [3.63, 3.8) is 0 Å². The van der Waals surface area contributed by atoms with Gasteiger partial charge in [-0.2, -0.15) is 0 Å². The molecule has 1 aromatic heterocycles. The van der Waals surface area contributed by atoms with E-state index in [1.54, 1.807) is 0 Å². The van der Waals surface area contributed by atoms with Crippen molar-refractivity contribution < 1.29 is 5.11 Å². The SMILES string of the molecule is CCC(CC)(C(O)c1ccc(Cl)s1)N1CCCC1. The molecule has 4 heteroatoms. The number of aliphatic hydroxyl groups is 1. The molecule has 1 aliphatic heterocycles. The van der Waals surface area contributed by atoms with Gasteiger partial charge < -0.3 is 5.11 Å². The Bertz CT molecular complexity index is 383. The molecular weight excluding hydrogens is 266 g/mol. The van der Waals surface area contributed by atoms with E-state index in [0.29, 0.717) is 0 Å². The van der Waals surface area contributed by atoms with E-state index in [0.717, 1.165) is 35.1 Å². The number of halogens is 1. The fraction of sp³-hybridized carbons (Fsp3) is 0.714. The lowest BCUT2D eigenvalue weighted by molar-refractivity contribution is -0.0275. The number of nitrogens with zero attached hydrogens (tertiary/aromatic N) is 1. The first-order valence-electron chi connectivity index (χ1n) is 6.82. The van der Waals surface area contributed by atoms with Gasteiger partial charge in [-0.15, -0.1) is 11.3 Å². The van der Waals surface area contributed by atoms with Gasteiger partial charge in [-0.25, -0.2) is 0 Å². The summed E-state index contributed by atoms with van der Waals surface area (Å²) in [7, 11) is 0. The average molecular weight is 288 g/mol. The number of likely N-dealkylation sites (tertiary alicyclic amines) is 1. The maximum Gasteiger partial charge on any atom is 0.106 e. The summed E-state index contributed by atoms with van der Waals surface area (Å²) in [6.07, 6.45) is 4.02. The molecule has 0 amide bonds. The summed E-state index contributed by atoms with van der Waals surface area (Å²) in [5, 5.41) is 10.8. The van der Waals surface area contributed by atoms with Gasteiger partial charge in [0, 0.05) is 4.88 Å². The van der Waals surface area contributed by atoms with E-state index in [-0.39, 0.29) is 5.54 Å². The minimum absolute atomic E-state index is 0.120. The highest BCUT2D eigenvalue weighted by molar-refractivity contribution is 7.16. The normalized spacial score (nSPS) is 19.3. The summed E-state index contributed by atoms with van der Waals surface area (Å²) >= 11 is 7.50. The van der Waals surface area contributed by atoms with Crippen LogP contribution in [0.3, 0.4) is 0 Å². The molecule has 2 heterocycles. The molecule has 0 spiro atoms. The quantitative estimate of drug-likeness (QED) is 0.882. The van der Waals surface area contributed by atoms with Crippen LogP contribution in [-0.4, -0.2) is 28.6 Å². The summed E-state index contributed by atoms with van der Waals surface area (Å²) in [4.78, 5) is 3.47. The topological polar surface area (TPSA) is 23.5 Å². The molecule has 2 nitrogen and oxygen atoms in total. The molecule has 0 aliphatic carbocycles. The summed E-state index contributed by atoms with van der Waals surface area (Å²) in [6.45, 7) is 6.58. The van der Waals surface area contributed by atoms with Crippen LogP contribution in [0, 0.1) is 0 Å². The molecule has 2 rings (SSSR count). The van der Waals surface area contributed by atoms with Crippen LogP contribution >= 0.6 is 22.9 Å². The molecule has 1 aromatic rings. The van der Waals surface area contributed by atoms with Gasteiger partial charge in [0.05, 0.1) is 9.88 Å². The first kappa shape index (κ1) is 14.3. The molecule has 18 heavy (non-hydrogen) atoms. The van der Waals surface area contributed by atoms with Gasteiger partial charge in [0.25, 0.3) is 0 Å². The van der Waals surface area contributed by atoms with E-state index in [4.69, 9.17) is 11.6 Å². The van der Waals surface area contributed by atoms with Crippen LogP contribution in [-0.2, 0) is 0 Å². The Hall–Kier alpha value is -0.0900. The fourth-order valence-electron chi connectivity index (χ4n) is 3.16. The molecule has 1 saturated heterocycles. The molecule has 0 bridgehead atoms. The van der Waals surface area contributed by atoms with E-state index in [1.165, 1.54) is 24.2 Å². The third kappa shape index (κ3) is 2.46. The number of thiophene rings is 1. The maximum absolute atomic E-state index is 10.8. The fourth-order valence-corrected chi connectivity index (χ4v) is 4.32. The predicted octanol–water partition coefficient (Wildman–Crippen LogP) is 4.09. The Morgan fingerprint density at radius 1 is 1.33 bits per heavy atom. The summed E-state index contributed by atoms with van der Waals surface area (Å²) in [5.41, 5.74) is -0.120. The molecule has 1 aliphatic rings. The van der Waals surface area contributed by atoms with E-state index < -0.39 is 6.10 Å². The van der Waals surface area contributed by atoms with Crippen molar-refractivity contribution in [2.45, 2.75) is 51.2 Å². The molecule has 102 valence electrons. The molecule has 1 unspecified atom stereocenters. The second kappa shape index (κ2) is 5.91. The smallest absolute Gasteiger partial charge is 0.106 e. The zero-order chi connectivity index (χ0) is 13.2. The zero-order valence-corrected chi connectivity index (χ0v) is 12.7. The summed E-state index contributed by atoms with van der Waals surface area (Å²) in [5.74, 6) is 0. The van der Waals surface area contributed by atoms with Crippen LogP contribution in [0.5, 0.6) is 0 Å². The van der Waals surface area contributed by atoms with E-state index in [9.17, 15) is 5.11 Å². The van der Waals surface area contributed by atoms with Crippen LogP contribution in [0.1, 0.15) is 50.5 Å². The second-order valence-electron chi connectivity index (χ2n) is 5.05. The number of aliphatic hydroxyl groups excluding tert-OH is 1. The molecule has 1 atom stereocenters. The van der Waals surface area contributed by atoms with Crippen molar-refractivity contribution in [1.82, 2.24) is 4.90 Å². The predicted molar refractivity (Wildman–Crippen MR) is 78.4 cm³/mol. The van der Waals surface area contributed by atoms with E-state index >= 15 is 0 Å². The van der Waals surface area contributed by atoms with Crippen LogP contribution in [0.4, 0.5) is 0 Å². The van der Waals surface area contributed by atoms with Gasteiger partial charge in [-0.3, -0.25) is 4.90 Å². The van der Waals surface area contributed by atoms with E-state index in [2.05, 4.69) is 18.7 Å². The molecule has 0 radical (unpaired) electrons. The maximum atomic E-state index is 10.8. The van der Waals surface area contributed by atoms with Crippen LogP contribution in [0.15, 0.2) is 12.1 Å². The summed E-state index contributed by atoms with van der Waals surface area (Å²) in [6, 6.07) is 3.85. The van der Waals surface area contributed by atoms with Crippen molar-refractivity contribution in [1.29, 1.82) is 0 Å². The van der Waals surface area contributed by atoms with Gasteiger partial charge >= 0.3 is 0 Å². The lowest BCUT2D eigenvalue weighted by Gasteiger charge is -2.44. The largest absolute Gasteiger partial charge is 0.386 e. The highest BCUT2D eigenvalue weighted by Crippen LogP contribution is 2.42. The van der Waals surface area contributed by atoms with Crippen molar-refractivity contribution in [3.8, 4) is 0 Å². The minimum atomic E-state index is -0.428. The Balaban J connectivity index is 2.28. The van der Waals surface area contributed by atoms with Crippen molar-refractivity contribution in [2.24, 2.45) is 0 Å². The second-order valence-corrected chi connectivity index (χ2v) is 6.80. The molecule has 1 N–H and O–H groups in total. The van der Waals surface area contributed by atoms with E-state index in [1.807, 2.05) is 12.1 Å². The molecule has 0 aromatic carbocycles. The lowest BCUT2D eigenvalue weighted by Crippen LogP contribution is -2.50. The van der Waals surface area contributed by atoms with Gasteiger partial charge in [-0.05, 0) is 50.9 Å². The number of rotatable bonds is 5. The summed E-state index contributed by atoms with van der Waals surface area (Å²) < 4.78 is 0.756. The minimum Gasteiger partial charge on any atom is -0.386 e. The third-order valence-electron chi connectivity index (χ3n) is 4.33. The standard InChI is InChI=1S/C14H22ClNOS/c1-3-14(4-2,16-9-5-6-10-16)13(17)11-7-8-12(15)18-11/h7-8,13,17H,3-6,9-10H2,1-2H3. The third-order valence-corrected chi connectivity index (χ3v) is 5.62. The van der Waals surface area contributed by atoms with Crippen LogP contribution in [0.25, 0.3) is 0 Å². The highest BCUT2D eigenvalue weighted by Gasteiger charge is 2.42. The van der Waals surface area contributed by atoms with Crippen LogP contribution < -0.4 is 0 Å². The Labute approximate surface area is 119 Å². The number of hydrogen-bond acceptors (Lipinski definition) is 3. The van der Waals surface area contributed by atoms with Gasteiger partial charge in [0.15, 0.2) is 0 Å². The van der Waals surface area contributed by atoms with Gasteiger partial charge in [0.1, 0.15) is 6.10 Å². The van der Waals surface area contributed by atoms with Gasteiger partial charge in [0.2, 0.25) is 0 Å². The Kier molecular flexibility index (Phi) is 4.70.